The minimum Gasteiger partial charge on any atom is -0.268 e. The molecule has 0 unspecified atom stereocenters. The van der Waals surface area contributed by atoms with Crippen LogP contribution in [0.2, 0.25) is 5.02 Å². The van der Waals surface area contributed by atoms with Crippen molar-refractivity contribution in [1.29, 1.82) is 5.26 Å². The molecule has 1 aliphatic heterocycles. The van der Waals surface area contributed by atoms with Gasteiger partial charge in [0.05, 0.1) is 23.1 Å². The summed E-state index contributed by atoms with van der Waals surface area (Å²) in [7, 11) is 0. The van der Waals surface area contributed by atoms with Gasteiger partial charge in [0.1, 0.15) is 0 Å². The lowest BCUT2D eigenvalue weighted by Gasteiger charge is -2.13. The summed E-state index contributed by atoms with van der Waals surface area (Å²) in [6.07, 6.45) is 1.65. The Hall–Kier alpha value is -2.55. The van der Waals surface area contributed by atoms with Crippen LogP contribution in [0.15, 0.2) is 53.4 Å². The van der Waals surface area contributed by atoms with Crippen LogP contribution in [-0.2, 0) is 11.3 Å². The van der Waals surface area contributed by atoms with E-state index in [1.54, 1.807) is 48.5 Å². The van der Waals surface area contributed by atoms with Gasteiger partial charge in [-0.3, -0.25) is 14.5 Å². The molecule has 6 heteroatoms. The fourth-order valence-corrected chi connectivity index (χ4v) is 3.36. The highest BCUT2D eigenvalue weighted by Crippen LogP contribution is 2.33. The van der Waals surface area contributed by atoms with Gasteiger partial charge >= 0.3 is 0 Å². The molecule has 0 saturated carbocycles. The van der Waals surface area contributed by atoms with Crippen LogP contribution in [0, 0.1) is 11.3 Å². The molecule has 0 radical (unpaired) electrons. The van der Waals surface area contributed by atoms with E-state index >= 15 is 0 Å². The average Bonchev–Trinajstić information content (AvgIpc) is 2.83. The van der Waals surface area contributed by atoms with Crippen LogP contribution in [-0.4, -0.2) is 16.0 Å². The first kappa shape index (κ1) is 16.3. The molecule has 2 aromatic carbocycles. The van der Waals surface area contributed by atoms with Crippen molar-refractivity contribution < 1.29 is 9.59 Å². The van der Waals surface area contributed by atoms with Crippen LogP contribution in [0.3, 0.4) is 0 Å². The molecule has 1 fully saturated rings. The number of carbonyl (C=O) groups excluding carboxylic acids is 2. The Balaban J connectivity index is 1.86. The number of nitrogens with zero attached hydrogens (tertiary/aromatic N) is 2. The van der Waals surface area contributed by atoms with Crippen LogP contribution < -0.4 is 0 Å². The lowest BCUT2D eigenvalue weighted by atomic mass is 10.1. The van der Waals surface area contributed by atoms with Gasteiger partial charge in [0.15, 0.2) is 0 Å². The van der Waals surface area contributed by atoms with Crippen LogP contribution in [0.4, 0.5) is 4.79 Å². The molecule has 0 aromatic heterocycles. The first-order valence-electron chi connectivity index (χ1n) is 7.07. The Morgan fingerprint density at radius 2 is 1.96 bits per heavy atom. The van der Waals surface area contributed by atoms with E-state index in [-0.39, 0.29) is 17.7 Å². The number of thioether (sulfide) groups is 1. The molecular weight excluding hydrogens is 344 g/mol. The Bertz CT molecular complexity index is 902. The monoisotopic (exact) mass is 354 g/mol. The van der Waals surface area contributed by atoms with Gasteiger partial charge in [-0.1, -0.05) is 41.9 Å². The number of nitriles is 1. The Morgan fingerprint density at radius 3 is 2.71 bits per heavy atom. The number of hydrogen-bond donors (Lipinski definition) is 0. The smallest absolute Gasteiger partial charge is 0.268 e. The fourth-order valence-electron chi connectivity index (χ4n) is 2.32. The van der Waals surface area contributed by atoms with Gasteiger partial charge in [-0.2, -0.15) is 5.26 Å². The zero-order chi connectivity index (χ0) is 17.1. The molecule has 24 heavy (non-hydrogen) atoms. The topological polar surface area (TPSA) is 61.2 Å². The largest absolute Gasteiger partial charge is 0.293 e. The minimum atomic E-state index is -0.363. The molecule has 0 spiro atoms. The SMILES string of the molecule is N#Cc1ccccc1CN1C(=O)S/C(=C/c2cccc(Cl)c2)C1=O. The number of hydrogen-bond acceptors (Lipinski definition) is 4. The van der Waals surface area contributed by atoms with E-state index in [9.17, 15) is 9.59 Å². The second-order valence-electron chi connectivity index (χ2n) is 5.09. The van der Waals surface area contributed by atoms with Crippen molar-refractivity contribution >= 4 is 40.6 Å². The quantitative estimate of drug-likeness (QED) is 0.764. The first-order chi connectivity index (χ1) is 11.6. The van der Waals surface area contributed by atoms with E-state index in [4.69, 9.17) is 16.9 Å². The molecule has 118 valence electrons. The third-order valence-corrected chi connectivity index (χ3v) is 4.63. The van der Waals surface area contributed by atoms with E-state index in [2.05, 4.69) is 6.07 Å². The highest BCUT2D eigenvalue weighted by atomic mass is 35.5. The van der Waals surface area contributed by atoms with Gasteiger partial charge in [0.25, 0.3) is 11.1 Å². The molecule has 0 N–H and O–H groups in total. The van der Waals surface area contributed by atoms with E-state index < -0.39 is 0 Å². The number of rotatable bonds is 3. The third kappa shape index (κ3) is 3.35. The van der Waals surface area contributed by atoms with E-state index in [0.29, 0.717) is 21.1 Å². The standard InChI is InChI=1S/C18H11ClN2O2S/c19-15-7-3-4-12(8-15)9-16-17(22)21(18(23)24-16)11-14-6-2-1-5-13(14)10-20/h1-9H,11H2/b16-9+. The molecule has 2 aromatic rings. The molecule has 4 nitrogen and oxygen atoms in total. The predicted molar refractivity (Wildman–Crippen MR) is 94.1 cm³/mol. The minimum absolute atomic E-state index is 0.0846. The van der Waals surface area contributed by atoms with Gasteiger partial charge < -0.3 is 0 Å². The summed E-state index contributed by atoms with van der Waals surface area (Å²) in [6.45, 7) is 0.0846. The number of amides is 2. The molecule has 0 atom stereocenters. The van der Waals surface area contributed by atoms with E-state index in [1.807, 2.05) is 6.07 Å². The molecular formula is C18H11ClN2O2S. The van der Waals surface area contributed by atoms with Gasteiger partial charge in [0.2, 0.25) is 0 Å². The second kappa shape index (κ2) is 6.91. The van der Waals surface area contributed by atoms with E-state index in [0.717, 1.165) is 22.2 Å². The highest BCUT2D eigenvalue weighted by Gasteiger charge is 2.35. The third-order valence-electron chi connectivity index (χ3n) is 3.49. The van der Waals surface area contributed by atoms with Crippen LogP contribution in [0.25, 0.3) is 6.08 Å². The number of benzene rings is 2. The van der Waals surface area contributed by atoms with Crippen LogP contribution in [0.1, 0.15) is 16.7 Å². The maximum Gasteiger partial charge on any atom is 0.293 e. The van der Waals surface area contributed by atoms with Crippen molar-refractivity contribution in [1.82, 2.24) is 4.90 Å². The Kier molecular flexibility index (Phi) is 4.70. The molecule has 3 rings (SSSR count). The van der Waals surface area contributed by atoms with Crippen molar-refractivity contribution in [2.75, 3.05) is 0 Å². The number of imide groups is 1. The molecule has 1 saturated heterocycles. The normalized spacial score (nSPS) is 15.8. The van der Waals surface area contributed by atoms with Crippen molar-refractivity contribution in [2.45, 2.75) is 6.54 Å². The summed E-state index contributed by atoms with van der Waals surface area (Å²) in [5.41, 5.74) is 1.85. The number of halogens is 1. The molecule has 1 aliphatic rings. The van der Waals surface area contributed by atoms with E-state index in [1.165, 1.54) is 0 Å². The van der Waals surface area contributed by atoms with Crippen molar-refractivity contribution in [2.24, 2.45) is 0 Å². The predicted octanol–water partition coefficient (Wildman–Crippen LogP) is 4.45. The molecule has 0 bridgehead atoms. The van der Waals surface area contributed by atoms with Crippen molar-refractivity contribution in [3.63, 3.8) is 0 Å². The van der Waals surface area contributed by atoms with Gasteiger partial charge in [-0.05, 0) is 47.2 Å². The van der Waals surface area contributed by atoms with Crippen LogP contribution >= 0.6 is 23.4 Å². The Labute approximate surface area is 148 Å². The summed E-state index contributed by atoms with van der Waals surface area (Å²) in [4.78, 5) is 26.2. The molecule has 2 amide bonds. The fraction of sp³-hybridized carbons (Fsp3) is 0.0556. The maximum atomic E-state index is 12.5. The summed E-state index contributed by atoms with van der Waals surface area (Å²) in [5, 5.41) is 9.34. The van der Waals surface area contributed by atoms with Gasteiger partial charge in [0, 0.05) is 5.02 Å². The first-order valence-corrected chi connectivity index (χ1v) is 8.27. The number of carbonyl (C=O) groups is 2. The lowest BCUT2D eigenvalue weighted by Crippen LogP contribution is -2.27. The molecule has 1 heterocycles. The molecule has 0 aliphatic carbocycles. The zero-order valence-electron chi connectivity index (χ0n) is 12.4. The van der Waals surface area contributed by atoms with Crippen molar-refractivity contribution in [3.8, 4) is 6.07 Å². The summed E-state index contributed by atoms with van der Waals surface area (Å²) in [5.74, 6) is -0.363. The van der Waals surface area contributed by atoms with Crippen molar-refractivity contribution in [3.05, 3.63) is 75.1 Å². The summed E-state index contributed by atoms with van der Waals surface area (Å²) >= 11 is 6.82. The maximum absolute atomic E-state index is 12.5. The highest BCUT2D eigenvalue weighted by molar-refractivity contribution is 8.18. The Morgan fingerprint density at radius 1 is 1.17 bits per heavy atom. The zero-order valence-corrected chi connectivity index (χ0v) is 14.0. The average molecular weight is 355 g/mol. The second-order valence-corrected chi connectivity index (χ2v) is 6.52. The van der Waals surface area contributed by atoms with Crippen LogP contribution in [0.5, 0.6) is 0 Å². The lowest BCUT2D eigenvalue weighted by molar-refractivity contribution is -0.123. The van der Waals surface area contributed by atoms with Gasteiger partial charge in [-0.15, -0.1) is 0 Å². The van der Waals surface area contributed by atoms with Gasteiger partial charge in [-0.25, -0.2) is 0 Å². The summed E-state index contributed by atoms with van der Waals surface area (Å²) < 4.78 is 0. The summed E-state index contributed by atoms with van der Waals surface area (Å²) in [6, 6.07) is 16.0.